The molecule has 0 saturated carbocycles. The number of carboxylic acid groups (broad SMARTS) is 1. The number of aliphatic carboxylic acids is 1. The first-order chi connectivity index (χ1) is 10.4. The molecule has 1 aromatic carbocycles. The molecule has 1 unspecified atom stereocenters. The van der Waals surface area contributed by atoms with Crippen LogP contribution in [0.3, 0.4) is 0 Å². The van der Waals surface area contributed by atoms with Gasteiger partial charge in [-0.15, -0.1) is 5.10 Å². The Morgan fingerprint density at radius 1 is 1.55 bits per heavy atom. The third-order valence-corrected chi connectivity index (χ3v) is 4.49. The van der Waals surface area contributed by atoms with E-state index in [1.807, 2.05) is 0 Å². The van der Waals surface area contributed by atoms with Crippen molar-refractivity contribution in [3.63, 3.8) is 0 Å². The fourth-order valence-electron chi connectivity index (χ4n) is 1.55. The number of carbonyl (C=O) groups is 2. The predicted molar refractivity (Wildman–Crippen MR) is 87.6 cm³/mol. The van der Waals surface area contributed by atoms with E-state index in [1.165, 1.54) is 12.1 Å². The Morgan fingerprint density at radius 3 is 2.95 bits per heavy atom. The quantitative estimate of drug-likeness (QED) is 0.376. The minimum absolute atomic E-state index is 0.138. The molecule has 1 aliphatic heterocycles. The fraction of sp³-hybridized carbons (Fsp3) is 0.167. The molecule has 1 aromatic rings. The minimum Gasteiger partial charge on any atom is -0.504 e. The topological polar surface area (TPSA) is 111 Å². The Morgan fingerprint density at radius 2 is 2.27 bits per heavy atom. The van der Waals surface area contributed by atoms with Gasteiger partial charge in [0.1, 0.15) is 5.25 Å². The third-order valence-electron chi connectivity index (χ3n) is 2.58. The number of carboxylic acids is 1. The molecule has 1 aliphatic rings. The maximum atomic E-state index is 13.5. The van der Waals surface area contributed by atoms with E-state index < -0.39 is 28.7 Å². The number of hydrogen-bond donors (Lipinski definition) is 3. The van der Waals surface area contributed by atoms with E-state index in [-0.39, 0.29) is 20.7 Å². The monoisotopic (exact) mass is 437 g/mol. The number of rotatable bonds is 4. The van der Waals surface area contributed by atoms with Gasteiger partial charge in [-0.1, -0.05) is 11.8 Å². The van der Waals surface area contributed by atoms with Crippen molar-refractivity contribution in [2.45, 2.75) is 11.7 Å². The van der Waals surface area contributed by atoms with Crippen LogP contribution < -0.4 is 5.32 Å². The molecule has 116 valence electrons. The van der Waals surface area contributed by atoms with Gasteiger partial charge in [-0.25, -0.2) is 4.39 Å². The highest BCUT2D eigenvalue weighted by molar-refractivity contribution is 14.1. The summed E-state index contributed by atoms with van der Waals surface area (Å²) in [4.78, 5) is 22.0. The summed E-state index contributed by atoms with van der Waals surface area (Å²) < 4.78 is 13.7. The standard InChI is InChI=1S/C12H9FIN3O4S/c13-9-6(14)2-1-5(10(9)20)4-15-17-12-16-11(21)7(22-12)3-8(18)19/h1-2,4,7,20H,3H2,(H,18,19)(H,16,17,21). The number of phenols is 1. The van der Waals surface area contributed by atoms with Crippen molar-refractivity contribution < 1.29 is 24.2 Å². The lowest BCUT2D eigenvalue weighted by molar-refractivity contribution is -0.138. The van der Waals surface area contributed by atoms with Crippen molar-refractivity contribution in [3.05, 3.63) is 27.1 Å². The lowest BCUT2D eigenvalue weighted by Crippen LogP contribution is -2.26. The van der Waals surface area contributed by atoms with Crippen molar-refractivity contribution in [3.8, 4) is 5.75 Å². The molecule has 0 aromatic heterocycles. The molecule has 1 amide bonds. The smallest absolute Gasteiger partial charge is 0.305 e. The van der Waals surface area contributed by atoms with Gasteiger partial charge >= 0.3 is 5.97 Å². The van der Waals surface area contributed by atoms with Crippen molar-refractivity contribution in [2.24, 2.45) is 10.2 Å². The zero-order valence-electron chi connectivity index (χ0n) is 10.8. The number of benzene rings is 1. The molecule has 3 N–H and O–H groups in total. The lowest BCUT2D eigenvalue weighted by atomic mass is 10.2. The number of hydrogen-bond acceptors (Lipinski definition) is 6. The Labute approximate surface area is 141 Å². The van der Waals surface area contributed by atoms with E-state index in [0.717, 1.165) is 18.0 Å². The molecule has 1 atom stereocenters. The number of aromatic hydroxyl groups is 1. The van der Waals surface area contributed by atoms with Gasteiger partial charge in [-0.3, -0.25) is 9.59 Å². The summed E-state index contributed by atoms with van der Waals surface area (Å²) in [5.41, 5.74) is 0.138. The van der Waals surface area contributed by atoms with Crippen LogP contribution in [0.5, 0.6) is 5.75 Å². The van der Waals surface area contributed by atoms with Crippen LogP contribution in [-0.4, -0.2) is 38.7 Å². The Bertz CT molecular complexity index is 695. The van der Waals surface area contributed by atoms with E-state index in [2.05, 4.69) is 15.5 Å². The highest BCUT2D eigenvalue weighted by atomic mass is 127. The molecule has 2 rings (SSSR count). The average Bonchev–Trinajstić information content (AvgIpc) is 2.78. The molecule has 7 nitrogen and oxygen atoms in total. The highest BCUT2D eigenvalue weighted by Gasteiger charge is 2.32. The summed E-state index contributed by atoms with van der Waals surface area (Å²) in [6, 6.07) is 2.94. The van der Waals surface area contributed by atoms with Gasteiger partial charge in [0.25, 0.3) is 0 Å². The van der Waals surface area contributed by atoms with Crippen LogP contribution in [0.4, 0.5) is 4.39 Å². The van der Waals surface area contributed by atoms with Crippen molar-refractivity contribution in [1.82, 2.24) is 5.32 Å². The molecule has 1 heterocycles. The van der Waals surface area contributed by atoms with Crippen molar-refractivity contribution >= 4 is 57.6 Å². The molecule has 22 heavy (non-hydrogen) atoms. The van der Waals surface area contributed by atoms with E-state index in [4.69, 9.17) is 5.11 Å². The largest absolute Gasteiger partial charge is 0.504 e. The highest BCUT2D eigenvalue weighted by Crippen LogP contribution is 2.25. The fourth-order valence-corrected chi connectivity index (χ4v) is 2.90. The molecule has 0 spiro atoms. The molecule has 0 bridgehead atoms. The zero-order valence-corrected chi connectivity index (χ0v) is 13.8. The molecule has 1 fully saturated rings. The van der Waals surface area contributed by atoms with Gasteiger partial charge in [0.2, 0.25) is 5.91 Å². The third kappa shape index (κ3) is 3.94. The van der Waals surface area contributed by atoms with E-state index in [9.17, 15) is 19.1 Å². The van der Waals surface area contributed by atoms with E-state index >= 15 is 0 Å². The van der Waals surface area contributed by atoms with E-state index in [0.29, 0.717) is 0 Å². The Hall–Kier alpha value is -1.69. The van der Waals surface area contributed by atoms with Gasteiger partial charge in [0.15, 0.2) is 16.7 Å². The predicted octanol–water partition coefficient (Wildman–Crippen LogP) is 1.53. The van der Waals surface area contributed by atoms with Crippen molar-refractivity contribution in [1.29, 1.82) is 0 Å². The number of thioether (sulfide) groups is 1. The van der Waals surface area contributed by atoms with Gasteiger partial charge < -0.3 is 15.5 Å². The summed E-state index contributed by atoms with van der Waals surface area (Å²) >= 11 is 2.69. The maximum absolute atomic E-state index is 13.5. The van der Waals surface area contributed by atoms with Crippen LogP contribution >= 0.6 is 34.4 Å². The molecule has 0 aliphatic carbocycles. The second kappa shape index (κ2) is 7.05. The average molecular weight is 437 g/mol. The Kier molecular flexibility index (Phi) is 5.34. The summed E-state index contributed by atoms with van der Waals surface area (Å²) in [5.74, 6) is -2.83. The number of halogens is 2. The van der Waals surface area contributed by atoms with Crippen LogP contribution in [0.2, 0.25) is 0 Å². The van der Waals surface area contributed by atoms with Crippen LogP contribution in [0.15, 0.2) is 22.3 Å². The van der Waals surface area contributed by atoms with E-state index in [1.54, 1.807) is 22.6 Å². The molecule has 0 radical (unpaired) electrons. The van der Waals surface area contributed by atoms with Crippen molar-refractivity contribution in [2.75, 3.05) is 0 Å². The number of nitrogens with one attached hydrogen (secondary N) is 1. The van der Waals surface area contributed by atoms with Gasteiger partial charge in [-0.05, 0) is 34.7 Å². The molecular formula is C12H9FIN3O4S. The minimum atomic E-state index is -1.09. The first kappa shape index (κ1) is 16.7. The van der Waals surface area contributed by atoms with Crippen LogP contribution in [-0.2, 0) is 9.59 Å². The molecular weight excluding hydrogens is 428 g/mol. The summed E-state index contributed by atoms with van der Waals surface area (Å²) in [5, 5.41) is 27.4. The number of amides is 1. The lowest BCUT2D eigenvalue weighted by Gasteiger charge is -2.01. The molecule has 1 saturated heterocycles. The number of nitrogens with zero attached hydrogens (tertiary/aromatic N) is 2. The second-order valence-corrected chi connectivity index (χ2v) is 6.50. The zero-order chi connectivity index (χ0) is 16.3. The van der Waals surface area contributed by atoms with Gasteiger partial charge in [0, 0.05) is 5.56 Å². The van der Waals surface area contributed by atoms with Crippen LogP contribution in [0, 0.1) is 9.39 Å². The van der Waals surface area contributed by atoms with Gasteiger partial charge in [0.05, 0.1) is 16.2 Å². The number of amidine groups is 1. The first-order valence-corrected chi connectivity index (χ1v) is 7.81. The normalized spacial score (nSPS) is 19.8. The summed E-state index contributed by atoms with van der Waals surface area (Å²) in [6.45, 7) is 0. The second-order valence-electron chi connectivity index (χ2n) is 4.14. The molecule has 10 heteroatoms. The van der Waals surface area contributed by atoms with Crippen LogP contribution in [0.1, 0.15) is 12.0 Å². The van der Waals surface area contributed by atoms with Gasteiger partial charge in [-0.2, -0.15) is 5.10 Å². The number of carbonyl (C=O) groups excluding carboxylic acids is 1. The Balaban J connectivity index is 2.08. The van der Waals surface area contributed by atoms with Crippen LogP contribution in [0.25, 0.3) is 0 Å². The summed E-state index contributed by atoms with van der Waals surface area (Å²) in [7, 11) is 0. The SMILES string of the molecule is O=C(O)CC1SC(=NN=Cc2ccc(I)c(F)c2O)NC1=O. The number of phenolic OH excluding ortho intramolecular Hbond substituents is 1. The summed E-state index contributed by atoms with van der Waals surface area (Å²) in [6.07, 6.45) is 0.821. The first-order valence-electron chi connectivity index (χ1n) is 5.85. The maximum Gasteiger partial charge on any atom is 0.305 e.